The maximum absolute atomic E-state index is 12.1. The zero-order valence-corrected chi connectivity index (χ0v) is 12.8. The first-order valence-electron chi connectivity index (χ1n) is 7.05. The summed E-state index contributed by atoms with van der Waals surface area (Å²) in [6.45, 7) is 2.59. The number of thioether (sulfide) groups is 1. The number of carbonyl (C=O) groups is 1. The van der Waals surface area contributed by atoms with E-state index < -0.39 is 0 Å². The van der Waals surface area contributed by atoms with Crippen molar-refractivity contribution < 1.29 is 9.53 Å². The second-order valence-electron chi connectivity index (χ2n) is 4.77. The Bertz CT molecular complexity index is 615. The van der Waals surface area contributed by atoms with E-state index >= 15 is 0 Å². The highest BCUT2D eigenvalue weighted by molar-refractivity contribution is 7.99. The Labute approximate surface area is 132 Å². The normalized spacial score (nSPS) is 14.8. The molecule has 1 saturated heterocycles. The lowest BCUT2D eigenvalue weighted by Crippen LogP contribution is -2.41. The number of ether oxygens (including phenoxy) is 1. The Morgan fingerprint density at radius 2 is 1.91 bits per heavy atom. The zero-order valence-electron chi connectivity index (χ0n) is 12.0. The molecule has 6 nitrogen and oxygen atoms in total. The highest BCUT2D eigenvalue weighted by atomic mass is 32.2. The Kier molecular flexibility index (Phi) is 4.97. The standard InChI is InChI=1S/C15H16N4O2S/c20-15(19-7-9-21-10-8-19)11-22-14-2-1-13(17-18-14)12-3-5-16-6-4-12/h1-6H,7-11H2. The molecular weight excluding hydrogens is 300 g/mol. The van der Waals surface area contributed by atoms with Gasteiger partial charge in [-0.15, -0.1) is 10.2 Å². The van der Waals surface area contributed by atoms with Crippen LogP contribution in [0.2, 0.25) is 0 Å². The highest BCUT2D eigenvalue weighted by Crippen LogP contribution is 2.19. The third-order valence-electron chi connectivity index (χ3n) is 3.32. The van der Waals surface area contributed by atoms with Crippen LogP contribution in [0, 0.1) is 0 Å². The molecule has 1 aliphatic rings. The number of amides is 1. The van der Waals surface area contributed by atoms with Gasteiger partial charge in [-0.1, -0.05) is 11.8 Å². The number of hydrogen-bond donors (Lipinski definition) is 0. The van der Waals surface area contributed by atoms with E-state index in [1.165, 1.54) is 11.8 Å². The summed E-state index contributed by atoms with van der Waals surface area (Å²) in [6.07, 6.45) is 3.45. The smallest absolute Gasteiger partial charge is 0.233 e. The average molecular weight is 316 g/mol. The van der Waals surface area contributed by atoms with Crippen molar-refractivity contribution in [3.05, 3.63) is 36.7 Å². The Hall–Kier alpha value is -1.99. The van der Waals surface area contributed by atoms with Crippen LogP contribution in [-0.2, 0) is 9.53 Å². The fraction of sp³-hybridized carbons (Fsp3) is 0.333. The van der Waals surface area contributed by atoms with Crippen LogP contribution in [0.1, 0.15) is 0 Å². The summed E-state index contributed by atoms with van der Waals surface area (Å²) >= 11 is 1.41. The van der Waals surface area contributed by atoms with Crippen LogP contribution in [0.3, 0.4) is 0 Å². The van der Waals surface area contributed by atoms with Gasteiger partial charge >= 0.3 is 0 Å². The number of pyridine rings is 1. The summed E-state index contributed by atoms with van der Waals surface area (Å²) in [5, 5.41) is 9.11. The van der Waals surface area contributed by atoms with E-state index in [0.717, 1.165) is 16.3 Å². The third kappa shape index (κ3) is 3.80. The largest absolute Gasteiger partial charge is 0.378 e. The van der Waals surface area contributed by atoms with Gasteiger partial charge < -0.3 is 9.64 Å². The molecule has 1 fully saturated rings. The van der Waals surface area contributed by atoms with E-state index in [2.05, 4.69) is 15.2 Å². The molecule has 0 spiro atoms. The maximum Gasteiger partial charge on any atom is 0.233 e. The van der Waals surface area contributed by atoms with Crippen LogP contribution >= 0.6 is 11.8 Å². The van der Waals surface area contributed by atoms with Crippen molar-refractivity contribution >= 4 is 17.7 Å². The summed E-state index contributed by atoms with van der Waals surface area (Å²) < 4.78 is 5.24. The molecule has 2 aromatic heterocycles. The predicted octanol–water partition coefficient (Wildman–Crippen LogP) is 1.49. The van der Waals surface area contributed by atoms with Crippen LogP contribution in [-0.4, -0.2) is 58.0 Å². The van der Waals surface area contributed by atoms with Gasteiger partial charge in [0.1, 0.15) is 5.03 Å². The topological polar surface area (TPSA) is 68.2 Å². The molecule has 0 bridgehead atoms. The maximum atomic E-state index is 12.1. The van der Waals surface area contributed by atoms with Gasteiger partial charge in [0.25, 0.3) is 0 Å². The van der Waals surface area contributed by atoms with Gasteiger partial charge in [-0.2, -0.15) is 0 Å². The van der Waals surface area contributed by atoms with Crippen molar-refractivity contribution in [1.82, 2.24) is 20.1 Å². The fourth-order valence-corrected chi connectivity index (χ4v) is 2.83. The Morgan fingerprint density at radius 1 is 1.14 bits per heavy atom. The van der Waals surface area contributed by atoms with E-state index in [9.17, 15) is 4.79 Å². The summed E-state index contributed by atoms with van der Waals surface area (Å²) in [4.78, 5) is 17.9. The van der Waals surface area contributed by atoms with Gasteiger partial charge in [0.2, 0.25) is 5.91 Å². The molecule has 2 aromatic rings. The first-order valence-corrected chi connectivity index (χ1v) is 8.04. The third-order valence-corrected chi connectivity index (χ3v) is 4.23. The molecular formula is C15H16N4O2S. The van der Waals surface area contributed by atoms with Crippen molar-refractivity contribution in [2.45, 2.75) is 5.03 Å². The lowest BCUT2D eigenvalue weighted by molar-refractivity contribution is -0.132. The molecule has 0 unspecified atom stereocenters. The van der Waals surface area contributed by atoms with E-state index in [4.69, 9.17) is 4.74 Å². The van der Waals surface area contributed by atoms with Gasteiger partial charge in [-0.3, -0.25) is 9.78 Å². The first-order chi connectivity index (χ1) is 10.8. The minimum atomic E-state index is 0.119. The molecule has 3 heterocycles. The number of nitrogens with zero attached hydrogens (tertiary/aromatic N) is 4. The van der Waals surface area contributed by atoms with E-state index in [1.54, 1.807) is 12.4 Å². The summed E-state index contributed by atoms with van der Waals surface area (Å²) in [7, 11) is 0. The van der Waals surface area contributed by atoms with Crippen LogP contribution in [0.25, 0.3) is 11.3 Å². The van der Waals surface area contributed by atoms with Crippen LogP contribution in [0.4, 0.5) is 0 Å². The van der Waals surface area contributed by atoms with Gasteiger partial charge in [0.15, 0.2) is 0 Å². The number of carbonyl (C=O) groups excluding carboxylic acids is 1. The molecule has 0 radical (unpaired) electrons. The van der Waals surface area contributed by atoms with E-state index in [1.807, 2.05) is 29.2 Å². The van der Waals surface area contributed by atoms with Crippen molar-refractivity contribution in [1.29, 1.82) is 0 Å². The number of rotatable bonds is 4. The van der Waals surface area contributed by atoms with Gasteiger partial charge in [0.05, 0.1) is 24.7 Å². The molecule has 0 aromatic carbocycles. The second-order valence-corrected chi connectivity index (χ2v) is 5.77. The molecule has 0 atom stereocenters. The lowest BCUT2D eigenvalue weighted by atomic mass is 10.2. The molecule has 1 amide bonds. The lowest BCUT2D eigenvalue weighted by Gasteiger charge is -2.26. The van der Waals surface area contributed by atoms with E-state index in [-0.39, 0.29) is 5.91 Å². The quantitative estimate of drug-likeness (QED) is 0.796. The van der Waals surface area contributed by atoms with Crippen molar-refractivity contribution in [2.75, 3.05) is 32.1 Å². The molecule has 0 N–H and O–H groups in total. The predicted molar refractivity (Wildman–Crippen MR) is 83.4 cm³/mol. The molecule has 22 heavy (non-hydrogen) atoms. The number of hydrogen-bond acceptors (Lipinski definition) is 6. The monoisotopic (exact) mass is 316 g/mol. The van der Waals surface area contributed by atoms with Crippen molar-refractivity contribution in [3.8, 4) is 11.3 Å². The van der Waals surface area contributed by atoms with E-state index in [0.29, 0.717) is 32.1 Å². The van der Waals surface area contributed by atoms with Gasteiger partial charge in [-0.25, -0.2) is 0 Å². The van der Waals surface area contributed by atoms with Crippen molar-refractivity contribution in [3.63, 3.8) is 0 Å². The Balaban J connectivity index is 1.56. The molecule has 114 valence electrons. The van der Waals surface area contributed by atoms with Crippen LogP contribution in [0.15, 0.2) is 41.7 Å². The second kappa shape index (κ2) is 7.33. The molecule has 3 rings (SSSR count). The number of aromatic nitrogens is 3. The van der Waals surface area contributed by atoms with Gasteiger partial charge in [-0.05, 0) is 24.3 Å². The van der Waals surface area contributed by atoms with Crippen molar-refractivity contribution in [2.24, 2.45) is 0 Å². The molecule has 7 heteroatoms. The zero-order chi connectivity index (χ0) is 15.2. The average Bonchev–Trinajstić information content (AvgIpc) is 2.61. The first kappa shape index (κ1) is 14.9. The van der Waals surface area contributed by atoms with Gasteiger partial charge in [0, 0.05) is 31.0 Å². The Morgan fingerprint density at radius 3 is 2.59 bits per heavy atom. The summed E-state index contributed by atoms with van der Waals surface area (Å²) in [5.41, 5.74) is 1.77. The molecule has 0 aliphatic carbocycles. The summed E-state index contributed by atoms with van der Waals surface area (Å²) in [6, 6.07) is 7.57. The molecule has 0 saturated carbocycles. The SMILES string of the molecule is O=C(CSc1ccc(-c2ccncc2)nn1)N1CCOCC1. The number of morpholine rings is 1. The molecule has 1 aliphatic heterocycles. The minimum Gasteiger partial charge on any atom is -0.378 e. The van der Waals surface area contributed by atoms with Crippen LogP contribution in [0.5, 0.6) is 0 Å². The highest BCUT2D eigenvalue weighted by Gasteiger charge is 2.17. The van der Waals surface area contributed by atoms with Crippen LogP contribution < -0.4 is 0 Å². The fourth-order valence-electron chi connectivity index (χ4n) is 2.11. The minimum absolute atomic E-state index is 0.119. The summed E-state index contributed by atoms with van der Waals surface area (Å²) in [5.74, 6) is 0.497.